The first kappa shape index (κ1) is 15.8. The van der Waals surface area contributed by atoms with Crippen molar-refractivity contribution in [3.05, 3.63) is 17.0 Å². The monoisotopic (exact) mass is 308 g/mol. The van der Waals surface area contributed by atoms with E-state index in [1.165, 1.54) is 0 Å². The van der Waals surface area contributed by atoms with E-state index in [1.807, 2.05) is 0 Å². The second kappa shape index (κ2) is 5.81. The summed E-state index contributed by atoms with van der Waals surface area (Å²) in [6.45, 7) is -0.426. The van der Waals surface area contributed by atoms with Gasteiger partial charge in [-0.05, 0) is 6.42 Å². The fraction of sp³-hybridized carbons (Fsp3) is 0.556. The highest BCUT2D eigenvalue weighted by atomic mass is 35.5. The first-order chi connectivity index (χ1) is 8.58. The molecule has 3 nitrogen and oxygen atoms in total. The summed E-state index contributed by atoms with van der Waals surface area (Å²) in [5, 5.41) is -0.506. The van der Waals surface area contributed by atoms with Crippen molar-refractivity contribution in [1.82, 2.24) is 9.97 Å². The van der Waals surface area contributed by atoms with Crippen molar-refractivity contribution in [3.63, 3.8) is 0 Å². The van der Waals surface area contributed by atoms with Crippen LogP contribution < -0.4 is 4.74 Å². The fourth-order valence-electron chi connectivity index (χ4n) is 1.05. The molecule has 0 aliphatic rings. The van der Waals surface area contributed by atoms with Crippen LogP contribution >= 0.6 is 11.6 Å². The maximum absolute atomic E-state index is 12.3. The molecule has 1 aromatic heterocycles. The third kappa shape index (κ3) is 5.95. The molecule has 1 aromatic rings. The number of aromatic nitrogens is 2. The summed E-state index contributed by atoms with van der Waals surface area (Å²) < 4.78 is 77.0. The number of hydrogen-bond acceptors (Lipinski definition) is 3. The van der Waals surface area contributed by atoms with Gasteiger partial charge < -0.3 is 4.74 Å². The van der Waals surface area contributed by atoms with Crippen LogP contribution in [0.5, 0.6) is 5.88 Å². The van der Waals surface area contributed by atoms with Crippen molar-refractivity contribution < 1.29 is 31.1 Å². The van der Waals surface area contributed by atoms with Gasteiger partial charge in [-0.25, -0.2) is 4.98 Å². The Bertz CT molecular complexity index is 434. The van der Waals surface area contributed by atoms with Crippen LogP contribution in [0.4, 0.5) is 26.3 Å². The van der Waals surface area contributed by atoms with Crippen molar-refractivity contribution >= 4 is 11.6 Å². The minimum atomic E-state index is -4.81. The Morgan fingerprint density at radius 3 is 2.26 bits per heavy atom. The largest absolute Gasteiger partial charge is 0.478 e. The van der Waals surface area contributed by atoms with Gasteiger partial charge in [-0.2, -0.15) is 31.3 Å². The van der Waals surface area contributed by atoms with Crippen LogP contribution in [0, 0.1) is 0 Å². The van der Waals surface area contributed by atoms with Crippen molar-refractivity contribution in [1.29, 1.82) is 0 Å². The van der Waals surface area contributed by atoms with E-state index < -0.39 is 48.7 Å². The lowest BCUT2D eigenvalue weighted by atomic mass is 10.3. The van der Waals surface area contributed by atoms with Gasteiger partial charge in [-0.15, -0.1) is 0 Å². The molecule has 0 spiro atoms. The van der Waals surface area contributed by atoms with Crippen LogP contribution in [-0.2, 0) is 6.18 Å². The lowest BCUT2D eigenvalue weighted by Crippen LogP contribution is -2.13. The quantitative estimate of drug-likeness (QED) is 0.481. The smallest absolute Gasteiger partial charge is 0.451 e. The molecule has 0 unspecified atom stereocenters. The van der Waals surface area contributed by atoms with E-state index in [9.17, 15) is 26.3 Å². The van der Waals surface area contributed by atoms with Crippen molar-refractivity contribution in [2.45, 2.75) is 25.2 Å². The van der Waals surface area contributed by atoms with Crippen LogP contribution in [0.3, 0.4) is 0 Å². The molecule has 1 heterocycles. The number of halogens is 7. The predicted molar refractivity (Wildman–Crippen MR) is 52.8 cm³/mol. The number of rotatable bonds is 4. The van der Waals surface area contributed by atoms with Gasteiger partial charge in [0.15, 0.2) is 0 Å². The van der Waals surface area contributed by atoms with Crippen LogP contribution in [-0.4, -0.2) is 22.8 Å². The Morgan fingerprint density at radius 2 is 1.74 bits per heavy atom. The number of nitrogens with zero attached hydrogens (tertiary/aromatic N) is 2. The van der Waals surface area contributed by atoms with Crippen molar-refractivity contribution in [2.75, 3.05) is 6.61 Å². The van der Waals surface area contributed by atoms with E-state index in [0.717, 1.165) is 6.07 Å². The molecule has 0 N–H and O–H groups in total. The third-order valence-electron chi connectivity index (χ3n) is 1.78. The molecule has 0 saturated heterocycles. The van der Waals surface area contributed by atoms with E-state index in [1.54, 1.807) is 0 Å². The van der Waals surface area contributed by atoms with Gasteiger partial charge in [0.1, 0.15) is 5.15 Å². The highest BCUT2D eigenvalue weighted by molar-refractivity contribution is 6.29. The first-order valence-corrected chi connectivity index (χ1v) is 5.27. The van der Waals surface area contributed by atoms with Crippen LogP contribution in [0.1, 0.15) is 18.7 Å². The van der Waals surface area contributed by atoms with Gasteiger partial charge >= 0.3 is 12.4 Å². The summed E-state index contributed by atoms with van der Waals surface area (Å²) in [5.74, 6) is -2.03. The highest BCUT2D eigenvalue weighted by Gasteiger charge is 2.35. The summed E-state index contributed by atoms with van der Waals surface area (Å²) in [5.41, 5.74) is 0. The molecule has 0 amide bonds. The Hall–Kier alpha value is -1.25. The van der Waals surface area contributed by atoms with Gasteiger partial charge in [0.2, 0.25) is 11.7 Å². The topological polar surface area (TPSA) is 35.0 Å². The molecule has 10 heteroatoms. The second-order valence-corrected chi connectivity index (χ2v) is 3.80. The summed E-state index contributed by atoms with van der Waals surface area (Å²) in [6.07, 6.45) is -10.6. The number of hydrogen-bond donors (Lipinski definition) is 0. The molecule has 0 saturated carbocycles. The molecule has 108 valence electrons. The molecular weight excluding hydrogens is 302 g/mol. The van der Waals surface area contributed by atoms with E-state index in [0.29, 0.717) is 0 Å². The summed E-state index contributed by atoms with van der Waals surface area (Å²) in [4.78, 5) is 5.96. The average Bonchev–Trinajstić information content (AvgIpc) is 2.21. The molecule has 0 aromatic carbocycles. The normalized spacial score (nSPS) is 12.6. The summed E-state index contributed by atoms with van der Waals surface area (Å²) in [7, 11) is 0. The maximum Gasteiger partial charge on any atom is 0.451 e. The van der Waals surface area contributed by atoms with Crippen LogP contribution in [0.2, 0.25) is 5.15 Å². The maximum atomic E-state index is 12.3. The van der Waals surface area contributed by atoms with Gasteiger partial charge in [0.25, 0.3) is 0 Å². The molecule has 0 bridgehead atoms. The predicted octanol–water partition coefficient (Wildman–Crippen LogP) is 3.87. The zero-order chi connectivity index (χ0) is 14.7. The molecular formula is C9H7ClF6N2O. The van der Waals surface area contributed by atoms with Crippen molar-refractivity contribution in [2.24, 2.45) is 0 Å². The summed E-state index contributed by atoms with van der Waals surface area (Å²) in [6, 6.07) is 0.893. The number of ether oxygens (including phenoxy) is 1. The van der Waals surface area contributed by atoms with Crippen LogP contribution in [0.15, 0.2) is 6.07 Å². The van der Waals surface area contributed by atoms with Gasteiger partial charge in [0, 0.05) is 12.5 Å². The van der Waals surface area contributed by atoms with E-state index in [4.69, 9.17) is 11.6 Å². The standard InChI is InChI=1S/C9H7ClF6N2O/c10-5-4-6(18-7(17-5)9(14,15)16)19-3-1-2-8(11,12)13/h4H,1-3H2. The van der Waals surface area contributed by atoms with Gasteiger partial charge in [0.05, 0.1) is 6.61 Å². The first-order valence-electron chi connectivity index (χ1n) is 4.89. The zero-order valence-electron chi connectivity index (χ0n) is 9.15. The van der Waals surface area contributed by atoms with E-state index in [2.05, 4.69) is 14.7 Å². The van der Waals surface area contributed by atoms with Gasteiger partial charge in [-0.3, -0.25) is 0 Å². The minimum absolute atomic E-state index is 0.396. The third-order valence-corrected chi connectivity index (χ3v) is 1.97. The Kier molecular flexibility index (Phi) is 4.83. The van der Waals surface area contributed by atoms with Crippen LogP contribution in [0.25, 0.3) is 0 Å². The SMILES string of the molecule is FC(F)(F)CCCOc1cc(Cl)nc(C(F)(F)F)n1. The van der Waals surface area contributed by atoms with E-state index >= 15 is 0 Å². The molecule has 0 aliphatic carbocycles. The molecule has 0 atom stereocenters. The zero-order valence-corrected chi connectivity index (χ0v) is 9.90. The molecule has 19 heavy (non-hydrogen) atoms. The minimum Gasteiger partial charge on any atom is -0.478 e. The van der Waals surface area contributed by atoms with Crippen molar-refractivity contribution in [3.8, 4) is 5.88 Å². The molecule has 0 aliphatic heterocycles. The average molecular weight is 309 g/mol. The van der Waals surface area contributed by atoms with E-state index in [-0.39, 0.29) is 0 Å². The lowest BCUT2D eigenvalue weighted by molar-refractivity contribution is -0.145. The Balaban J connectivity index is 2.62. The number of alkyl halides is 6. The molecule has 1 rings (SSSR count). The van der Waals surface area contributed by atoms with Gasteiger partial charge in [-0.1, -0.05) is 11.6 Å². The lowest BCUT2D eigenvalue weighted by Gasteiger charge is -2.10. The Morgan fingerprint density at radius 1 is 1.11 bits per heavy atom. The highest BCUT2D eigenvalue weighted by Crippen LogP contribution is 2.29. The Labute approximate surface area is 108 Å². The summed E-state index contributed by atoms with van der Waals surface area (Å²) >= 11 is 5.33. The fourth-order valence-corrected chi connectivity index (χ4v) is 1.22. The molecule has 0 radical (unpaired) electrons. The second-order valence-electron chi connectivity index (χ2n) is 3.42. The molecule has 0 fully saturated rings.